The normalized spacial score (nSPS) is 16.1. The molecule has 0 radical (unpaired) electrons. The highest BCUT2D eigenvalue weighted by atomic mass is 32.3. The van der Waals surface area contributed by atoms with E-state index >= 15 is 0 Å². The lowest BCUT2D eigenvalue weighted by Gasteiger charge is -2.25. The first kappa shape index (κ1) is 14.8. The van der Waals surface area contributed by atoms with Crippen LogP contribution in [0, 0.1) is 5.82 Å². The van der Waals surface area contributed by atoms with Gasteiger partial charge < -0.3 is 5.32 Å². The van der Waals surface area contributed by atoms with Crippen molar-refractivity contribution < 1.29 is 18.3 Å². The molecule has 1 aliphatic heterocycles. The molecule has 0 aromatic heterocycles. The van der Waals surface area contributed by atoms with Crippen LogP contribution in [0.25, 0.3) is 6.08 Å². The van der Waals surface area contributed by atoms with Crippen molar-refractivity contribution in [2.45, 2.75) is 11.3 Å². The summed E-state index contributed by atoms with van der Waals surface area (Å²) in [6.45, 7) is 0. The van der Waals surface area contributed by atoms with Gasteiger partial charge in [-0.2, -0.15) is 0 Å². The molecule has 114 valence electrons. The third kappa shape index (κ3) is 2.89. The number of hydrogen-bond acceptors (Lipinski definition) is 3. The van der Waals surface area contributed by atoms with E-state index < -0.39 is 16.4 Å². The lowest BCUT2D eigenvalue weighted by atomic mass is 10.1. The van der Waals surface area contributed by atoms with Gasteiger partial charge in [0.05, 0.1) is 11.3 Å². The summed E-state index contributed by atoms with van der Waals surface area (Å²) >= 11 is 0. The Balaban J connectivity index is 1.75. The molecule has 3 rings (SSSR count). The topological polar surface area (TPSA) is 69.6 Å². The molecule has 0 saturated carbocycles. The molecule has 22 heavy (non-hydrogen) atoms. The van der Waals surface area contributed by atoms with Crippen LogP contribution in [0.3, 0.4) is 0 Å². The molecule has 0 unspecified atom stereocenters. The van der Waals surface area contributed by atoms with Crippen LogP contribution in [0.5, 0.6) is 0 Å². The van der Waals surface area contributed by atoms with Gasteiger partial charge in [0.1, 0.15) is 5.82 Å². The maximum atomic E-state index is 13.5. The molecule has 0 bridgehead atoms. The summed E-state index contributed by atoms with van der Waals surface area (Å²) in [5.74, 6) is -0.794. The molecule has 0 fully saturated rings. The second kappa shape index (κ2) is 5.57. The maximum absolute atomic E-state index is 13.5. The zero-order valence-electron chi connectivity index (χ0n) is 11.5. The summed E-state index contributed by atoms with van der Waals surface area (Å²) in [6, 6.07) is 11.0. The minimum Gasteiger partial charge on any atom is -0.326 e. The molecule has 2 aromatic rings. The Morgan fingerprint density at radius 3 is 2.73 bits per heavy atom. The number of rotatable bonds is 3. The highest BCUT2D eigenvalue weighted by Gasteiger charge is 2.22. The zero-order valence-corrected chi connectivity index (χ0v) is 12.3. The van der Waals surface area contributed by atoms with Crippen molar-refractivity contribution in [3.05, 3.63) is 64.8 Å². The van der Waals surface area contributed by atoms with E-state index in [1.165, 1.54) is 17.5 Å². The third-order valence-corrected chi connectivity index (χ3v) is 4.88. The molecule has 0 atom stereocenters. The number of nitrogens with one attached hydrogen (secondary N) is 1. The lowest BCUT2D eigenvalue weighted by molar-refractivity contribution is -0.115. The summed E-state index contributed by atoms with van der Waals surface area (Å²) in [5.41, 5.74) is 1.47. The maximum Gasteiger partial charge on any atom is 0.228 e. The Hall–Kier alpha value is -2.15. The number of halogens is 1. The highest BCUT2D eigenvalue weighted by molar-refractivity contribution is 8.27. The predicted molar refractivity (Wildman–Crippen MR) is 85.3 cm³/mol. The van der Waals surface area contributed by atoms with Crippen LogP contribution in [-0.2, 0) is 11.2 Å². The van der Waals surface area contributed by atoms with Crippen LogP contribution in [0.15, 0.2) is 52.8 Å². The van der Waals surface area contributed by atoms with Crippen molar-refractivity contribution in [1.29, 1.82) is 0 Å². The van der Waals surface area contributed by atoms with Crippen LogP contribution in [0.1, 0.15) is 11.1 Å². The summed E-state index contributed by atoms with van der Waals surface area (Å²) in [6.07, 6.45) is 1.55. The van der Waals surface area contributed by atoms with E-state index in [9.17, 15) is 18.3 Å². The Kier molecular flexibility index (Phi) is 3.74. The number of benzene rings is 2. The average molecular weight is 319 g/mol. The van der Waals surface area contributed by atoms with Gasteiger partial charge in [-0.3, -0.25) is 13.9 Å². The molecule has 6 heteroatoms. The fraction of sp³-hybridized carbons (Fsp3) is 0.0625. The molecule has 1 heterocycles. The van der Waals surface area contributed by atoms with Gasteiger partial charge in [0, 0.05) is 11.1 Å². The van der Waals surface area contributed by atoms with Crippen molar-refractivity contribution in [3.8, 4) is 0 Å². The monoisotopic (exact) mass is 319 g/mol. The summed E-state index contributed by atoms with van der Waals surface area (Å²) < 4.78 is 33.3. The van der Waals surface area contributed by atoms with E-state index in [1.807, 2.05) is 0 Å². The highest BCUT2D eigenvalue weighted by Crippen LogP contribution is 2.56. The number of anilines is 1. The van der Waals surface area contributed by atoms with Crippen molar-refractivity contribution in [3.63, 3.8) is 0 Å². The van der Waals surface area contributed by atoms with E-state index in [0.717, 1.165) is 0 Å². The van der Waals surface area contributed by atoms with Gasteiger partial charge in [-0.05, 0) is 35.4 Å². The quantitative estimate of drug-likeness (QED) is 0.797. The summed E-state index contributed by atoms with van der Waals surface area (Å²) in [4.78, 5) is 12.4. The first-order valence-electron chi connectivity index (χ1n) is 6.59. The van der Waals surface area contributed by atoms with Crippen LogP contribution >= 0.6 is 10.6 Å². The second-order valence-electron chi connectivity index (χ2n) is 4.96. The van der Waals surface area contributed by atoms with E-state index in [2.05, 4.69) is 5.32 Å². The van der Waals surface area contributed by atoms with Crippen molar-refractivity contribution >= 4 is 28.3 Å². The van der Waals surface area contributed by atoms with Crippen molar-refractivity contribution in [2.24, 2.45) is 0 Å². The zero-order chi connectivity index (χ0) is 15.7. The average Bonchev–Trinajstić information content (AvgIpc) is 2.77. The van der Waals surface area contributed by atoms with Gasteiger partial charge in [0.15, 0.2) is 0 Å². The van der Waals surface area contributed by atoms with E-state index in [-0.39, 0.29) is 12.3 Å². The van der Waals surface area contributed by atoms with Crippen molar-refractivity contribution in [1.82, 2.24) is 0 Å². The number of fused-ring (bicyclic) bond motifs is 1. The SMILES string of the molecule is O=C(Cc1ccccc1F)Nc1ccc2c(c1)S(O)(O)C=C2. The van der Waals surface area contributed by atoms with Crippen LogP contribution in [-0.4, -0.2) is 15.0 Å². The Bertz CT molecular complexity index is 774. The predicted octanol–water partition coefficient (Wildman–Crippen LogP) is 4.10. The number of carbonyl (C=O) groups is 1. The first-order chi connectivity index (χ1) is 10.5. The molecule has 0 saturated heterocycles. The fourth-order valence-corrected chi connectivity index (χ4v) is 3.54. The van der Waals surface area contributed by atoms with Gasteiger partial charge in [-0.25, -0.2) is 4.39 Å². The van der Waals surface area contributed by atoms with E-state index in [0.29, 0.717) is 21.7 Å². The lowest BCUT2D eigenvalue weighted by Crippen LogP contribution is -2.15. The minimum absolute atomic E-state index is 0.0851. The molecular formula is C16H14FNO3S. The van der Waals surface area contributed by atoms with Gasteiger partial charge >= 0.3 is 0 Å². The van der Waals surface area contributed by atoms with Crippen LogP contribution in [0.4, 0.5) is 10.1 Å². The van der Waals surface area contributed by atoms with Gasteiger partial charge in [0.25, 0.3) is 0 Å². The van der Waals surface area contributed by atoms with Crippen LogP contribution < -0.4 is 5.32 Å². The standard InChI is InChI=1S/C16H14FNO3S/c17-14-4-2-1-3-12(14)9-16(19)18-13-6-5-11-7-8-22(20,21)15(11)10-13/h1-8,10,20-21H,9H2,(H,18,19). The Morgan fingerprint density at radius 1 is 1.18 bits per heavy atom. The van der Waals surface area contributed by atoms with Gasteiger partial charge in [-0.15, -0.1) is 10.6 Å². The molecular weight excluding hydrogens is 305 g/mol. The number of amides is 1. The Labute approximate surface area is 128 Å². The van der Waals surface area contributed by atoms with Gasteiger partial charge in [0.2, 0.25) is 5.91 Å². The molecule has 3 N–H and O–H groups in total. The summed E-state index contributed by atoms with van der Waals surface area (Å²) in [5, 5.41) is 3.99. The third-order valence-electron chi connectivity index (χ3n) is 3.37. The first-order valence-corrected chi connectivity index (χ1v) is 8.20. The van der Waals surface area contributed by atoms with E-state index in [4.69, 9.17) is 0 Å². The molecule has 2 aromatic carbocycles. The van der Waals surface area contributed by atoms with E-state index in [1.54, 1.807) is 36.4 Å². The minimum atomic E-state index is -2.92. The summed E-state index contributed by atoms with van der Waals surface area (Å²) in [7, 11) is -2.92. The Morgan fingerprint density at radius 2 is 1.95 bits per heavy atom. The largest absolute Gasteiger partial charge is 0.326 e. The number of hydrogen-bond donors (Lipinski definition) is 3. The molecule has 0 spiro atoms. The molecule has 1 amide bonds. The number of carbonyl (C=O) groups excluding carboxylic acids is 1. The van der Waals surface area contributed by atoms with Crippen LogP contribution in [0.2, 0.25) is 0 Å². The fourth-order valence-electron chi connectivity index (χ4n) is 2.27. The smallest absolute Gasteiger partial charge is 0.228 e. The second-order valence-corrected chi connectivity index (χ2v) is 6.86. The van der Waals surface area contributed by atoms with Gasteiger partial charge in [-0.1, -0.05) is 24.3 Å². The molecule has 0 aliphatic carbocycles. The van der Waals surface area contributed by atoms with Crippen molar-refractivity contribution in [2.75, 3.05) is 5.32 Å². The molecule has 4 nitrogen and oxygen atoms in total. The molecule has 1 aliphatic rings.